The van der Waals surface area contributed by atoms with E-state index in [2.05, 4.69) is 0 Å². The summed E-state index contributed by atoms with van der Waals surface area (Å²) in [6.07, 6.45) is 2.63. The van der Waals surface area contributed by atoms with Gasteiger partial charge in [-0.05, 0) is 60.8 Å². The Morgan fingerprint density at radius 2 is 1.62 bits per heavy atom. The van der Waals surface area contributed by atoms with Crippen LogP contribution < -0.4 is 0 Å². The Bertz CT molecular complexity index is 758. The second-order valence-electron chi connectivity index (χ2n) is 5.40. The average Bonchev–Trinajstić information content (AvgIpc) is 2.43. The third-order valence-electron chi connectivity index (χ3n) is 3.44. The molecule has 0 unspecified atom stereocenters. The molecule has 5 N–H and O–H groups in total. The van der Waals surface area contributed by atoms with Crippen molar-refractivity contribution in [2.75, 3.05) is 0 Å². The minimum absolute atomic E-state index is 0.177. The van der Waals surface area contributed by atoms with Crippen LogP contribution in [-0.2, 0) is 17.4 Å². The maximum absolute atomic E-state index is 11.2. The fourth-order valence-electron chi connectivity index (χ4n) is 2.42. The Balaban J connectivity index is 2.02. The van der Waals surface area contributed by atoms with Crippen molar-refractivity contribution in [2.45, 2.75) is 30.6 Å². The summed E-state index contributed by atoms with van der Waals surface area (Å²) in [4.78, 5) is 18.4. The molecule has 8 heteroatoms. The van der Waals surface area contributed by atoms with Crippen LogP contribution in [0.5, 0.6) is 17.2 Å². The summed E-state index contributed by atoms with van der Waals surface area (Å²) in [5.41, 5.74) is 1.41. The van der Waals surface area contributed by atoms with E-state index in [-0.39, 0.29) is 22.1 Å². The monoisotopic (exact) mass is 370 g/mol. The van der Waals surface area contributed by atoms with Crippen molar-refractivity contribution in [3.05, 3.63) is 47.5 Å². The van der Waals surface area contributed by atoms with Gasteiger partial charge in [-0.15, -0.1) is 0 Å². The second kappa shape index (κ2) is 7.94. The Hall–Kier alpha value is -1.66. The third kappa shape index (κ3) is 5.76. The summed E-state index contributed by atoms with van der Waals surface area (Å²) < 4.78 is 11.2. The lowest BCUT2D eigenvalue weighted by molar-refractivity contribution is 0.397. The number of unbranched alkanes of at least 4 members (excludes halogenated alkanes) is 1. The molecule has 0 heterocycles. The van der Waals surface area contributed by atoms with Crippen LogP contribution in [0.4, 0.5) is 0 Å². The van der Waals surface area contributed by atoms with Crippen molar-refractivity contribution in [1.29, 1.82) is 0 Å². The van der Waals surface area contributed by atoms with E-state index in [9.17, 15) is 19.9 Å². The van der Waals surface area contributed by atoms with Gasteiger partial charge in [-0.25, -0.2) is 4.57 Å². The number of aryl methyl sites for hydroxylation is 1. The van der Waals surface area contributed by atoms with Gasteiger partial charge in [-0.2, -0.15) is 0 Å². The number of rotatable bonds is 7. The van der Waals surface area contributed by atoms with Crippen molar-refractivity contribution in [2.24, 2.45) is 0 Å². The quantitative estimate of drug-likeness (QED) is 0.373. The molecule has 0 saturated heterocycles. The zero-order chi connectivity index (χ0) is 17.7. The zero-order valence-corrected chi connectivity index (χ0v) is 14.5. The van der Waals surface area contributed by atoms with Gasteiger partial charge < -0.3 is 25.1 Å². The predicted octanol–water partition coefficient (Wildman–Crippen LogP) is 3.55. The van der Waals surface area contributed by atoms with Crippen LogP contribution in [0.3, 0.4) is 0 Å². The van der Waals surface area contributed by atoms with E-state index in [4.69, 9.17) is 9.79 Å². The van der Waals surface area contributed by atoms with E-state index < -0.39 is 6.80 Å². The molecule has 6 nitrogen and oxygen atoms in total. The molecule has 0 saturated carbocycles. The van der Waals surface area contributed by atoms with Gasteiger partial charge in [0.2, 0.25) is 0 Å². The van der Waals surface area contributed by atoms with Crippen LogP contribution in [0, 0.1) is 0 Å². The normalized spacial score (nSPS) is 11.6. The molecule has 0 bridgehead atoms. The lowest BCUT2D eigenvalue weighted by atomic mass is 10.0. The molecule has 0 aliphatic carbocycles. The summed E-state index contributed by atoms with van der Waals surface area (Å²) in [5, 5.41) is 28.9. The van der Waals surface area contributed by atoms with Gasteiger partial charge in [-0.1, -0.05) is 12.1 Å². The molecule has 0 aliphatic rings. The maximum Gasteiger partial charge on any atom is 0.388 e. The van der Waals surface area contributed by atoms with E-state index in [1.165, 1.54) is 6.07 Å². The molecule has 130 valence electrons. The van der Waals surface area contributed by atoms with Crippen LogP contribution in [0.25, 0.3) is 0 Å². The standard InChI is InChI=1S/C16H19O6PS/c17-12-6-3-5-11(8-12)4-1-2-7-14-15(19)9-13(18)10-16(14)24-23(20,21)22/h3,5-6,8-10,17-19H,1-2,4,7H2,(H2,20,21,22). The Kier molecular flexibility index (Phi) is 6.18. The van der Waals surface area contributed by atoms with Gasteiger partial charge in [0, 0.05) is 16.5 Å². The lowest BCUT2D eigenvalue weighted by Gasteiger charge is -2.12. The van der Waals surface area contributed by atoms with Gasteiger partial charge in [0.25, 0.3) is 0 Å². The summed E-state index contributed by atoms with van der Waals surface area (Å²) in [6.45, 7) is -4.38. The van der Waals surface area contributed by atoms with E-state index in [0.29, 0.717) is 29.8 Å². The highest BCUT2D eigenvalue weighted by Crippen LogP contribution is 2.56. The van der Waals surface area contributed by atoms with Crippen molar-refractivity contribution in [3.8, 4) is 17.2 Å². The maximum atomic E-state index is 11.2. The van der Waals surface area contributed by atoms with Crippen LogP contribution >= 0.6 is 18.2 Å². The number of hydrogen-bond donors (Lipinski definition) is 5. The minimum Gasteiger partial charge on any atom is -0.508 e. The van der Waals surface area contributed by atoms with Crippen LogP contribution in [0.2, 0.25) is 0 Å². The van der Waals surface area contributed by atoms with Gasteiger partial charge in [0.1, 0.15) is 17.2 Å². The Labute approximate surface area is 143 Å². The summed E-state index contributed by atoms with van der Waals surface area (Å²) in [6, 6.07) is 9.37. The van der Waals surface area contributed by atoms with Crippen molar-refractivity contribution >= 4 is 18.2 Å². The first-order valence-electron chi connectivity index (χ1n) is 7.32. The molecule has 24 heavy (non-hydrogen) atoms. The van der Waals surface area contributed by atoms with Gasteiger partial charge in [0.15, 0.2) is 0 Å². The molecular weight excluding hydrogens is 351 g/mol. The SMILES string of the molecule is O=P(O)(O)Sc1cc(O)cc(O)c1CCCCc1cccc(O)c1. The van der Waals surface area contributed by atoms with E-state index >= 15 is 0 Å². The molecule has 0 radical (unpaired) electrons. The number of hydrogen-bond acceptors (Lipinski definition) is 5. The Morgan fingerprint density at radius 3 is 2.29 bits per heavy atom. The molecule has 2 aromatic carbocycles. The predicted molar refractivity (Wildman–Crippen MR) is 92.4 cm³/mol. The topological polar surface area (TPSA) is 118 Å². The first-order chi connectivity index (χ1) is 11.2. The highest BCUT2D eigenvalue weighted by Gasteiger charge is 2.20. The van der Waals surface area contributed by atoms with Gasteiger partial charge in [0.05, 0.1) is 0 Å². The second-order valence-corrected chi connectivity index (χ2v) is 8.98. The van der Waals surface area contributed by atoms with Crippen LogP contribution in [0.1, 0.15) is 24.0 Å². The first-order valence-corrected chi connectivity index (χ1v) is 10.4. The van der Waals surface area contributed by atoms with Gasteiger partial charge in [-0.3, -0.25) is 0 Å². The minimum atomic E-state index is -4.38. The average molecular weight is 370 g/mol. The van der Waals surface area contributed by atoms with Gasteiger partial charge >= 0.3 is 6.80 Å². The highest BCUT2D eigenvalue weighted by atomic mass is 32.7. The van der Waals surface area contributed by atoms with Crippen molar-refractivity contribution < 1.29 is 29.7 Å². The van der Waals surface area contributed by atoms with E-state index in [1.54, 1.807) is 18.2 Å². The molecule has 0 atom stereocenters. The first kappa shape index (κ1) is 18.7. The third-order valence-corrected chi connectivity index (χ3v) is 5.54. The zero-order valence-electron chi connectivity index (χ0n) is 12.8. The molecule has 2 aromatic rings. The number of phenolic OH excluding ortho intramolecular Hbond substituents is 3. The fraction of sp³-hybridized carbons (Fsp3) is 0.250. The van der Waals surface area contributed by atoms with E-state index in [1.807, 2.05) is 6.07 Å². The summed E-state index contributed by atoms with van der Waals surface area (Å²) in [7, 11) is 0. The van der Waals surface area contributed by atoms with Crippen LogP contribution in [-0.4, -0.2) is 25.1 Å². The largest absolute Gasteiger partial charge is 0.508 e. The van der Waals surface area contributed by atoms with Crippen molar-refractivity contribution in [1.82, 2.24) is 0 Å². The van der Waals surface area contributed by atoms with E-state index in [0.717, 1.165) is 24.5 Å². The smallest absolute Gasteiger partial charge is 0.388 e. The van der Waals surface area contributed by atoms with Crippen LogP contribution in [0.15, 0.2) is 41.3 Å². The molecule has 0 amide bonds. The van der Waals surface area contributed by atoms with Crippen molar-refractivity contribution in [3.63, 3.8) is 0 Å². The molecular formula is C16H19O6PS. The highest BCUT2D eigenvalue weighted by molar-refractivity contribution is 8.54. The summed E-state index contributed by atoms with van der Waals surface area (Å²) >= 11 is 0.326. The molecule has 0 aliphatic heterocycles. The number of benzene rings is 2. The summed E-state index contributed by atoms with van der Waals surface area (Å²) in [5.74, 6) is -0.209. The molecule has 2 rings (SSSR count). The molecule has 0 aromatic heterocycles. The fourth-order valence-corrected chi connectivity index (χ4v) is 4.42. The molecule has 0 fully saturated rings. The lowest BCUT2D eigenvalue weighted by Crippen LogP contribution is -1.93. The Morgan fingerprint density at radius 1 is 0.917 bits per heavy atom. The molecule has 0 spiro atoms. The number of phenols is 3. The number of aromatic hydroxyl groups is 3.